The van der Waals surface area contributed by atoms with Crippen LogP contribution in [0.2, 0.25) is 0 Å². The second kappa shape index (κ2) is 10.3. The molecule has 192 valence electrons. The molecule has 2 aliphatic rings. The summed E-state index contributed by atoms with van der Waals surface area (Å²) in [4.78, 5) is 22.5. The van der Waals surface area contributed by atoms with Crippen molar-refractivity contribution >= 4 is 26.8 Å². The molecule has 0 bridgehead atoms. The van der Waals surface area contributed by atoms with E-state index in [0.29, 0.717) is 18.7 Å². The van der Waals surface area contributed by atoms with Gasteiger partial charge in [-0.25, -0.2) is 12.7 Å². The first-order chi connectivity index (χ1) is 17.4. The number of sulfonamides is 1. The van der Waals surface area contributed by atoms with Crippen molar-refractivity contribution in [1.29, 1.82) is 0 Å². The maximum absolute atomic E-state index is 12.4. The summed E-state index contributed by atoms with van der Waals surface area (Å²) in [6.45, 7) is 6.76. The Morgan fingerprint density at radius 3 is 2.56 bits per heavy atom. The number of morpholine rings is 1. The van der Waals surface area contributed by atoms with Gasteiger partial charge in [0.2, 0.25) is 10.0 Å². The summed E-state index contributed by atoms with van der Waals surface area (Å²) in [7, 11) is -3.18. The molecule has 2 aromatic heterocycles. The molecule has 3 N–H and O–H groups in total. The molecule has 0 radical (unpaired) electrons. The summed E-state index contributed by atoms with van der Waals surface area (Å²) in [5.74, 6) is -0.172. The Balaban J connectivity index is 1.46. The number of pyridine rings is 1. The number of H-pyrrole nitrogens is 1. The Morgan fingerprint density at radius 2 is 1.86 bits per heavy atom. The lowest BCUT2D eigenvalue weighted by Crippen LogP contribution is -2.38. The number of aromatic nitrogens is 2. The normalized spacial score (nSPS) is 18.6. The number of amides is 1. The molecule has 0 unspecified atom stereocenters. The van der Waals surface area contributed by atoms with Gasteiger partial charge in [-0.1, -0.05) is 0 Å². The average Bonchev–Trinajstić information content (AvgIpc) is 3.33. The number of nitrogens with two attached hydrogens (primary N) is 1. The standard InChI is InChI=1S/C26H33N5O4S/c1-2-36(33,34)31-5-3-19(4-6-31)24-16-29-25-22(24)12-20(13-23(25)26(27)32)21-11-18(14-28-15-21)17-30-7-9-35-10-8-30/h11-16,19,29H,2-10,17H2,1H3,(H2,27,32). The predicted molar refractivity (Wildman–Crippen MR) is 139 cm³/mol. The third kappa shape index (κ3) is 5.04. The van der Waals surface area contributed by atoms with Gasteiger partial charge in [-0.05, 0) is 60.6 Å². The molecular weight excluding hydrogens is 478 g/mol. The molecule has 0 atom stereocenters. The van der Waals surface area contributed by atoms with Crippen LogP contribution in [-0.4, -0.2) is 78.6 Å². The molecule has 2 saturated heterocycles. The van der Waals surface area contributed by atoms with E-state index in [-0.39, 0.29) is 11.7 Å². The summed E-state index contributed by atoms with van der Waals surface area (Å²) in [6.07, 6.45) is 7.11. The number of benzene rings is 1. The van der Waals surface area contributed by atoms with E-state index in [1.54, 1.807) is 11.2 Å². The molecule has 0 saturated carbocycles. The number of hydrogen-bond donors (Lipinski definition) is 2. The van der Waals surface area contributed by atoms with E-state index < -0.39 is 15.9 Å². The minimum absolute atomic E-state index is 0.120. The number of hydrogen-bond acceptors (Lipinski definition) is 6. The van der Waals surface area contributed by atoms with E-state index in [9.17, 15) is 13.2 Å². The van der Waals surface area contributed by atoms with Gasteiger partial charge < -0.3 is 15.5 Å². The molecule has 5 rings (SSSR count). The zero-order chi connectivity index (χ0) is 25.3. The number of piperidine rings is 1. The predicted octanol–water partition coefficient (Wildman–Crippen LogP) is 2.69. The molecule has 0 spiro atoms. The molecule has 10 heteroatoms. The topological polar surface area (TPSA) is 122 Å². The third-order valence-electron chi connectivity index (χ3n) is 7.38. The van der Waals surface area contributed by atoms with Crippen molar-refractivity contribution in [2.75, 3.05) is 45.1 Å². The van der Waals surface area contributed by atoms with Crippen molar-refractivity contribution in [1.82, 2.24) is 19.2 Å². The van der Waals surface area contributed by atoms with E-state index in [1.165, 1.54) is 0 Å². The molecule has 1 aromatic carbocycles. The second-order valence-corrected chi connectivity index (χ2v) is 11.9. The fraction of sp³-hybridized carbons (Fsp3) is 0.462. The number of carbonyl (C=O) groups is 1. The van der Waals surface area contributed by atoms with Crippen LogP contribution in [0.3, 0.4) is 0 Å². The number of carbonyl (C=O) groups excluding carboxylic acids is 1. The summed E-state index contributed by atoms with van der Waals surface area (Å²) in [5, 5.41) is 0.955. The summed E-state index contributed by atoms with van der Waals surface area (Å²) >= 11 is 0. The minimum atomic E-state index is -3.18. The van der Waals surface area contributed by atoms with Gasteiger partial charge in [-0.2, -0.15) is 0 Å². The van der Waals surface area contributed by atoms with Crippen LogP contribution in [-0.2, 0) is 21.3 Å². The van der Waals surface area contributed by atoms with Crippen molar-refractivity contribution < 1.29 is 17.9 Å². The van der Waals surface area contributed by atoms with Crippen molar-refractivity contribution in [3.8, 4) is 11.1 Å². The maximum Gasteiger partial charge on any atom is 0.250 e. The lowest BCUT2D eigenvalue weighted by molar-refractivity contribution is 0.0341. The Labute approximate surface area is 211 Å². The van der Waals surface area contributed by atoms with Gasteiger partial charge in [0.15, 0.2) is 0 Å². The van der Waals surface area contributed by atoms with Crippen LogP contribution in [0, 0.1) is 0 Å². The largest absolute Gasteiger partial charge is 0.379 e. The minimum Gasteiger partial charge on any atom is -0.379 e. The van der Waals surface area contributed by atoms with Crippen LogP contribution in [0.15, 0.2) is 36.8 Å². The number of primary amides is 1. The molecular formula is C26H33N5O4S. The van der Waals surface area contributed by atoms with Gasteiger partial charge in [-0.15, -0.1) is 0 Å². The quantitative estimate of drug-likeness (QED) is 0.503. The van der Waals surface area contributed by atoms with Crippen molar-refractivity contribution in [3.05, 3.63) is 53.5 Å². The SMILES string of the molecule is CCS(=O)(=O)N1CCC(c2c[nH]c3c(C(N)=O)cc(-c4cncc(CN5CCOCC5)c4)cc23)CC1. The Kier molecular flexibility index (Phi) is 7.11. The van der Waals surface area contributed by atoms with E-state index in [4.69, 9.17) is 10.5 Å². The van der Waals surface area contributed by atoms with Gasteiger partial charge in [0, 0.05) is 62.3 Å². The number of ether oxygens (including phenoxy) is 1. The zero-order valence-corrected chi connectivity index (χ0v) is 21.4. The smallest absolute Gasteiger partial charge is 0.250 e. The summed E-state index contributed by atoms with van der Waals surface area (Å²) in [5.41, 5.74) is 11.0. The third-order valence-corrected chi connectivity index (χ3v) is 9.26. The Bertz CT molecular complexity index is 1360. The van der Waals surface area contributed by atoms with Crippen LogP contribution in [0.25, 0.3) is 22.0 Å². The van der Waals surface area contributed by atoms with Crippen LogP contribution in [0.5, 0.6) is 0 Å². The molecule has 2 fully saturated rings. The number of nitrogens with zero attached hydrogens (tertiary/aromatic N) is 3. The first-order valence-corrected chi connectivity index (χ1v) is 14.1. The van der Waals surface area contributed by atoms with Crippen molar-refractivity contribution in [3.63, 3.8) is 0 Å². The van der Waals surface area contributed by atoms with E-state index >= 15 is 0 Å². The highest BCUT2D eigenvalue weighted by Crippen LogP contribution is 2.37. The monoisotopic (exact) mass is 511 g/mol. The first-order valence-electron chi connectivity index (χ1n) is 12.5. The number of rotatable bonds is 7. The van der Waals surface area contributed by atoms with E-state index in [1.807, 2.05) is 24.7 Å². The fourth-order valence-corrected chi connectivity index (χ4v) is 6.46. The first kappa shape index (κ1) is 24.9. The fourth-order valence-electron chi connectivity index (χ4n) is 5.33. The molecule has 3 aromatic rings. The highest BCUT2D eigenvalue weighted by atomic mass is 32.2. The summed E-state index contributed by atoms with van der Waals surface area (Å²) in [6, 6.07) is 6.05. The maximum atomic E-state index is 12.4. The van der Waals surface area contributed by atoms with Crippen LogP contribution in [0.1, 0.15) is 47.2 Å². The average molecular weight is 512 g/mol. The highest BCUT2D eigenvalue weighted by molar-refractivity contribution is 7.89. The highest BCUT2D eigenvalue weighted by Gasteiger charge is 2.29. The van der Waals surface area contributed by atoms with E-state index in [2.05, 4.69) is 27.0 Å². The Morgan fingerprint density at radius 1 is 1.11 bits per heavy atom. The molecule has 9 nitrogen and oxygen atoms in total. The van der Waals surface area contributed by atoms with Crippen LogP contribution < -0.4 is 5.73 Å². The van der Waals surface area contributed by atoms with Crippen molar-refractivity contribution in [2.24, 2.45) is 5.73 Å². The Hall–Kier alpha value is -2.79. The zero-order valence-electron chi connectivity index (χ0n) is 20.6. The van der Waals surface area contributed by atoms with Gasteiger partial charge in [0.25, 0.3) is 5.91 Å². The lowest BCUT2D eigenvalue weighted by Gasteiger charge is -2.31. The number of aromatic amines is 1. The van der Waals surface area contributed by atoms with Gasteiger partial charge in [0.05, 0.1) is 30.0 Å². The molecule has 36 heavy (non-hydrogen) atoms. The number of fused-ring (bicyclic) bond motifs is 1. The summed E-state index contributed by atoms with van der Waals surface area (Å²) < 4.78 is 31.6. The van der Waals surface area contributed by atoms with Crippen molar-refractivity contribution in [2.45, 2.75) is 32.2 Å². The van der Waals surface area contributed by atoms with Gasteiger partial charge in [-0.3, -0.25) is 14.7 Å². The van der Waals surface area contributed by atoms with Crippen LogP contribution >= 0.6 is 0 Å². The molecule has 4 heterocycles. The molecule has 1 amide bonds. The molecule has 0 aliphatic carbocycles. The lowest BCUT2D eigenvalue weighted by atomic mass is 9.88. The second-order valence-electron chi connectivity index (χ2n) is 9.60. The van der Waals surface area contributed by atoms with E-state index in [0.717, 1.165) is 78.8 Å². The van der Waals surface area contributed by atoms with Gasteiger partial charge >= 0.3 is 0 Å². The van der Waals surface area contributed by atoms with Gasteiger partial charge in [0.1, 0.15) is 0 Å². The van der Waals surface area contributed by atoms with Crippen LogP contribution in [0.4, 0.5) is 0 Å². The number of nitrogens with one attached hydrogen (secondary N) is 1. The molecule has 2 aliphatic heterocycles.